The molecule has 2 heterocycles. The van der Waals surface area contributed by atoms with Gasteiger partial charge in [0.15, 0.2) is 6.10 Å². The molecule has 1 aromatic heterocycles. The zero-order valence-electron chi connectivity index (χ0n) is 16.7. The zero-order valence-corrected chi connectivity index (χ0v) is 16.7. The Morgan fingerprint density at radius 1 is 1.18 bits per heavy atom. The first-order chi connectivity index (χ1) is 13.4. The van der Waals surface area contributed by atoms with Crippen LogP contribution in [0.5, 0.6) is 5.75 Å². The summed E-state index contributed by atoms with van der Waals surface area (Å²) in [5.41, 5.74) is 4.06. The van der Waals surface area contributed by atoms with Crippen LogP contribution in [0.4, 0.5) is 11.4 Å². The van der Waals surface area contributed by atoms with Crippen molar-refractivity contribution < 1.29 is 14.3 Å². The molecular formula is C22H27N3O3. The van der Waals surface area contributed by atoms with E-state index in [1.54, 1.807) is 25.1 Å². The molecular weight excluding hydrogens is 354 g/mol. The molecule has 2 N–H and O–H groups in total. The number of nitrogens with one attached hydrogen (secondary N) is 2. The summed E-state index contributed by atoms with van der Waals surface area (Å²) in [6.07, 6.45) is 5.66. The van der Waals surface area contributed by atoms with Gasteiger partial charge in [0, 0.05) is 23.1 Å². The fourth-order valence-electron chi connectivity index (χ4n) is 4.39. The molecule has 1 aromatic carbocycles. The molecule has 1 aliphatic heterocycles. The van der Waals surface area contributed by atoms with Crippen molar-refractivity contribution in [3.63, 3.8) is 0 Å². The van der Waals surface area contributed by atoms with Crippen molar-refractivity contribution in [2.45, 2.75) is 65.0 Å². The summed E-state index contributed by atoms with van der Waals surface area (Å²) in [5.74, 6) is 0.291. The number of ether oxygens (including phenoxy) is 1. The first-order valence-corrected chi connectivity index (χ1v) is 10.1. The van der Waals surface area contributed by atoms with Gasteiger partial charge in [-0.15, -0.1) is 0 Å². The van der Waals surface area contributed by atoms with Gasteiger partial charge in [-0.3, -0.25) is 9.59 Å². The second-order valence-electron chi connectivity index (χ2n) is 7.86. The molecule has 0 saturated heterocycles. The third-order valence-electron chi connectivity index (χ3n) is 5.84. The molecule has 0 radical (unpaired) electrons. The normalized spacial score (nSPS) is 19.5. The number of benzene rings is 1. The van der Waals surface area contributed by atoms with Gasteiger partial charge in [-0.2, -0.15) is 0 Å². The lowest BCUT2D eigenvalue weighted by atomic mass is 9.95. The average Bonchev–Trinajstić information content (AvgIpc) is 2.98. The second kappa shape index (κ2) is 7.34. The maximum absolute atomic E-state index is 12.9. The Bertz CT molecular complexity index is 925. The van der Waals surface area contributed by atoms with Gasteiger partial charge >= 0.3 is 0 Å². The van der Waals surface area contributed by atoms with Crippen LogP contribution in [0.3, 0.4) is 0 Å². The van der Waals surface area contributed by atoms with E-state index in [2.05, 4.69) is 22.1 Å². The number of aryl methyl sites for hydroxylation is 1. The Hall–Kier alpha value is -2.76. The Kier molecular flexibility index (Phi) is 4.87. The number of nitrogens with zero attached hydrogens (tertiary/aromatic N) is 1. The maximum Gasteiger partial charge on any atom is 0.265 e. The molecule has 1 aliphatic carbocycles. The van der Waals surface area contributed by atoms with Gasteiger partial charge in [-0.1, -0.05) is 19.3 Å². The van der Waals surface area contributed by atoms with Gasteiger partial charge in [-0.25, -0.2) is 0 Å². The minimum absolute atomic E-state index is 0.133. The lowest BCUT2D eigenvalue weighted by molar-refractivity contribution is -0.122. The molecule has 28 heavy (non-hydrogen) atoms. The highest BCUT2D eigenvalue weighted by Gasteiger charge is 2.25. The SMILES string of the molecule is Cc1cc(C(=O)Nc2ccc3c(c2)NC(=O)C(C)O3)c(C)n1C1CCCCC1. The Labute approximate surface area is 165 Å². The van der Waals surface area contributed by atoms with E-state index >= 15 is 0 Å². The molecule has 2 aromatic rings. The minimum atomic E-state index is -0.516. The topological polar surface area (TPSA) is 72.4 Å². The van der Waals surface area contributed by atoms with Gasteiger partial charge in [-0.05, 0) is 57.9 Å². The fourth-order valence-corrected chi connectivity index (χ4v) is 4.39. The molecule has 0 bridgehead atoms. The van der Waals surface area contributed by atoms with E-state index in [4.69, 9.17) is 4.74 Å². The summed E-state index contributed by atoms with van der Waals surface area (Å²) in [5, 5.41) is 5.77. The molecule has 2 aliphatic rings. The number of hydrogen-bond donors (Lipinski definition) is 2. The molecule has 2 amide bonds. The van der Waals surface area contributed by atoms with Crippen LogP contribution in [0.15, 0.2) is 24.3 Å². The number of carbonyl (C=O) groups is 2. The van der Waals surface area contributed by atoms with E-state index in [0.29, 0.717) is 28.7 Å². The van der Waals surface area contributed by atoms with Crippen LogP contribution in [-0.2, 0) is 4.79 Å². The van der Waals surface area contributed by atoms with Crippen molar-refractivity contribution in [3.8, 4) is 5.75 Å². The molecule has 1 unspecified atom stereocenters. The van der Waals surface area contributed by atoms with Gasteiger partial charge in [0.05, 0.1) is 11.3 Å². The van der Waals surface area contributed by atoms with Crippen molar-refractivity contribution in [1.29, 1.82) is 0 Å². The smallest absolute Gasteiger partial charge is 0.265 e. The first-order valence-electron chi connectivity index (χ1n) is 10.1. The van der Waals surface area contributed by atoms with E-state index in [1.165, 1.54) is 32.1 Å². The van der Waals surface area contributed by atoms with Crippen molar-refractivity contribution >= 4 is 23.2 Å². The summed E-state index contributed by atoms with van der Waals surface area (Å²) >= 11 is 0. The van der Waals surface area contributed by atoms with Gasteiger partial charge in [0.1, 0.15) is 5.75 Å². The van der Waals surface area contributed by atoms with Gasteiger partial charge in [0.2, 0.25) is 0 Å². The lowest BCUT2D eigenvalue weighted by Crippen LogP contribution is -2.34. The van der Waals surface area contributed by atoms with E-state index in [-0.39, 0.29) is 11.8 Å². The van der Waals surface area contributed by atoms with Crippen LogP contribution < -0.4 is 15.4 Å². The van der Waals surface area contributed by atoms with Crippen molar-refractivity contribution in [3.05, 3.63) is 41.2 Å². The molecule has 1 saturated carbocycles. The highest BCUT2D eigenvalue weighted by atomic mass is 16.5. The summed E-state index contributed by atoms with van der Waals surface area (Å²) in [7, 11) is 0. The van der Waals surface area contributed by atoms with Crippen molar-refractivity contribution in [2.75, 3.05) is 10.6 Å². The number of anilines is 2. The predicted molar refractivity (Wildman–Crippen MR) is 109 cm³/mol. The first kappa shape index (κ1) is 18.6. The molecule has 0 spiro atoms. The number of carbonyl (C=O) groups excluding carboxylic acids is 2. The van der Waals surface area contributed by atoms with E-state index in [0.717, 1.165) is 11.4 Å². The van der Waals surface area contributed by atoms with Crippen LogP contribution in [-0.4, -0.2) is 22.5 Å². The zero-order chi connectivity index (χ0) is 19.8. The highest BCUT2D eigenvalue weighted by Crippen LogP contribution is 2.34. The maximum atomic E-state index is 12.9. The summed E-state index contributed by atoms with van der Waals surface area (Å²) < 4.78 is 7.90. The highest BCUT2D eigenvalue weighted by molar-refractivity contribution is 6.06. The summed E-state index contributed by atoms with van der Waals surface area (Å²) in [6.45, 7) is 5.81. The number of rotatable bonds is 3. The summed E-state index contributed by atoms with van der Waals surface area (Å²) in [6, 6.07) is 7.77. The number of fused-ring (bicyclic) bond motifs is 1. The van der Waals surface area contributed by atoms with E-state index in [9.17, 15) is 9.59 Å². The third-order valence-corrected chi connectivity index (χ3v) is 5.84. The second-order valence-corrected chi connectivity index (χ2v) is 7.86. The molecule has 6 heteroatoms. The Balaban J connectivity index is 1.54. The molecule has 1 atom stereocenters. The minimum Gasteiger partial charge on any atom is -0.479 e. The van der Waals surface area contributed by atoms with Crippen molar-refractivity contribution in [2.24, 2.45) is 0 Å². The standard InChI is InChI=1S/C22H27N3O3/c1-13-11-18(14(2)25(13)17-7-5-4-6-8-17)22(27)23-16-9-10-20-19(12-16)24-21(26)15(3)28-20/h9-12,15,17H,4-8H2,1-3H3,(H,23,27)(H,24,26). The van der Waals surface area contributed by atoms with Crippen LogP contribution in [0.2, 0.25) is 0 Å². The number of amides is 2. The molecule has 4 rings (SSSR count). The van der Waals surface area contributed by atoms with Crippen LogP contribution >= 0.6 is 0 Å². The third kappa shape index (κ3) is 3.39. The van der Waals surface area contributed by atoms with E-state index < -0.39 is 6.10 Å². The molecule has 148 valence electrons. The van der Waals surface area contributed by atoms with Gasteiger partial charge < -0.3 is 19.9 Å². The lowest BCUT2D eigenvalue weighted by Gasteiger charge is -2.26. The molecule has 1 fully saturated rings. The van der Waals surface area contributed by atoms with E-state index in [1.807, 2.05) is 13.0 Å². The largest absolute Gasteiger partial charge is 0.479 e. The van der Waals surface area contributed by atoms with Gasteiger partial charge in [0.25, 0.3) is 11.8 Å². The average molecular weight is 381 g/mol. The number of aromatic nitrogens is 1. The Morgan fingerprint density at radius 3 is 2.68 bits per heavy atom. The van der Waals surface area contributed by atoms with Crippen LogP contribution in [0, 0.1) is 13.8 Å². The molecule has 6 nitrogen and oxygen atoms in total. The monoisotopic (exact) mass is 381 g/mol. The quantitative estimate of drug-likeness (QED) is 0.817. The predicted octanol–water partition coefficient (Wildman–Crippen LogP) is 4.58. The van der Waals surface area contributed by atoms with Crippen LogP contribution in [0.1, 0.15) is 66.8 Å². The fraction of sp³-hybridized carbons (Fsp3) is 0.455. The number of hydrogen-bond acceptors (Lipinski definition) is 3. The van der Waals surface area contributed by atoms with Crippen LogP contribution in [0.25, 0.3) is 0 Å². The Morgan fingerprint density at radius 2 is 1.93 bits per heavy atom. The van der Waals surface area contributed by atoms with Crippen molar-refractivity contribution in [1.82, 2.24) is 4.57 Å². The summed E-state index contributed by atoms with van der Waals surface area (Å²) in [4.78, 5) is 24.7.